The first-order chi connectivity index (χ1) is 17.2. The van der Waals surface area contributed by atoms with Crippen LogP contribution in [-0.2, 0) is 27.3 Å². The van der Waals surface area contributed by atoms with Crippen molar-refractivity contribution in [1.29, 1.82) is 0 Å². The van der Waals surface area contributed by atoms with Crippen molar-refractivity contribution < 1.29 is 27.6 Å². The maximum atomic E-state index is 12.9. The predicted molar refractivity (Wildman–Crippen MR) is 136 cm³/mol. The number of rotatable bonds is 10. The van der Waals surface area contributed by atoms with E-state index in [9.17, 15) is 23.4 Å². The normalized spacial score (nSPS) is 20.4. The van der Waals surface area contributed by atoms with E-state index in [1.807, 2.05) is 43.3 Å². The Morgan fingerprint density at radius 3 is 2.39 bits per heavy atom. The fourth-order valence-electron chi connectivity index (χ4n) is 4.86. The van der Waals surface area contributed by atoms with E-state index in [1.165, 1.54) is 12.1 Å². The van der Waals surface area contributed by atoms with Crippen LogP contribution in [0.3, 0.4) is 0 Å². The van der Waals surface area contributed by atoms with Gasteiger partial charge in [-0.05, 0) is 54.7 Å². The van der Waals surface area contributed by atoms with Crippen LogP contribution in [0.5, 0.6) is 0 Å². The van der Waals surface area contributed by atoms with E-state index < -0.39 is 21.5 Å². The van der Waals surface area contributed by atoms with Crippen molar-refractivity contribution >= 4 is 16.1 Å². The van der Waals surface area contributed by atoms with Crippen LogP contribution in [0.25, 0.3) is 0 Å². The van der Waals surface area contributed by atoms with Gasteiger partial charge in [0, 0.05) is 25.0 Å². The van der Waals surface area contributed by atoms with Crippen molar-refractivity contribution in [3.63, 3.8) is 0 Å². The zero-order valence-corrected chi connectivity index (χ0v) is 21.0. The number of nitrogens with zero attached hydrogens (tertiary/aromatic N) is 1. The number of aliphatic hydroxyl groups excluding tert-OH is 1. The van der Waals surface area contributed by atoms with Crippen molar-refractivity contribution in [3.8, 4) is 0 Å². The number of carboxylic acid groups (broad SMARTS) is 1. The smallest absolute Gasteiger partial charge is 0.335 e. The fraction of sp³-hybridized carbons (Fsp3) is 0.321. The first kappa shape index (κ1) is 26.0. The number of hydrogen-bond donors (Lipinski definition) is 2. The monoisotopic (exact) mass is 509 g/mol. The summed E-state index contributed by atoms with van der Waals surface area (Å²) in [6, 6.07) is 23.1. The Morgan fingerprint density at radius 1 is 1.03 bits per heavy atom. The number of carboxylic acids is 1. The molecule has 0 bridgehead atoms. The highest BCUT2D eigenvalue weighted by Crippen LogP contribution is 2.40. The molecule has 0 amide bonds. The standard InChI is InChI=1S/C28H31NO6S/c1-21-10-12-26(13-11-21)36(33,34)35-20-28(19-30)18-29(16-22-6-3-2-4-7-22)17-25(28)15-23-8-5-9-24(14-23)27(31)32/h2-14,25,30H,15-20H2,1H3,(H,31,32). The molecule has 2 N–H and O–H groups in total. The zero-order chi connectivity index (χ0) is 25.8. The Kier molecular flexibility index (Phi) is 7.90. The summed E-state index contributed by atoms with van der Waals surface area (Å²) < 4.78 is 31.4. The van der Waals surface area contributed by atoms with E-state index in [2.05, 4.69) is 4.90 Å². The van der Waals surface area contributed by atoms with Gasteiger partial charge >= 0.3 is 5.97 Å². The van der Waals surface area contributed by atoms with Gasteiger partial charge in [-0.15, -0.1) is 0 Å². The van der Waals surface area contributed by atoms with Crippen molar-refractivity contribution in [3.05, 3.63) is 101 Å². The minimum Gasteiger partial charge on any atom is -0.478 e. The van der Waals surface area contributed by atoms with E-state index >= 15 is 0 Å². The average molecular weight is 510 g/mol. The molecule has 1 heterocycles. The molecule has 3 aromatic rings. The molecule has 4 rings (SSSR count). The number of aromatic carboxylic acids is 1. The van der Waals surface area contributed by atoms with Crippen molar-refractivity contribution in [2.24, 2.45) is 11.3 Å². The number of hydrogen-bond acceptors (Lipinski definition) is 6. The summed E-state index contributed by atoms with van der Waals surface area (Å²) in [6.45, 7) is 3.16. The Labute approximate surface area is 212 Å². The summed E-state index contributed by atoms with van der Waals surface area (Å²) in [5.41, 5.74) is 2.23. The van der Waals surface area contributed by atoms with Gasteiger partial charge in [0.15, 0.2) is 0 Å². The Balaban J connectivity index is 1.59. The summed E-state index contributed by atoms with van der Waals surface area (Å²) in [5, 5.41) is 20.0. The highest BCUT2D eigenvalue weighted by molar-refractivity contribution is 7.86. The molecule has 2 unspecified atom stereocenters. The second-order valence-corrected chi connectivity index (χ2v) is 11.2. The largest absolute Gasteiger partial charge is 0.478 e. The minimum atomic E-state index is -4.01. The zero-order valence-electron chi connectivity index (χ0n) is 20.2. The first-order valence-corrected chi connectivity index (χ1v) is 13.3. The summed E-state index contributed by atoms with van der Waals surface area (Å²) in [7, 11) is -4.01. The molecule has 0 radical (unpaired) electrons. The van der Waals surface area contributed by atoms with Crippen LogP contribution in [0.15, 0.2) is 83.8 Å². The molecular weight excluding hydrogens is 478 g/mol. The van der Waals surface area contributed by atoms with Gasteiger partial charge < -0.3 is 10.2 Å². The van der Waals surface area contributed by atoms with E-state index in [0.29, 0.717) is 26.1 Å². The van der Waals surface area contributed by atoms with Crippen molar-refractivity contribution in [2.45, 2.75) is 24.8 Å². The van der Waals surface area contributed by atoms with Crippen LogP contribution in [0, 0.1) is 18.3 Å². The third kappa shape index (κ3) is 6.02. The van der Waals surface area contributed by atoms with Crippen LogP contribution in [0.1, 0.15) is 27.0 Å². The second-order valence-electron chi connectivity index (χ2n) is 9.61. The highest BCUT2D eigenvalue weighted by Gasteiger charge is 2.47. The maximum Gasteiger partial charge on any atom is 0.335 e. The van der Waals surface area contributed by atoms with Crippen LogP contribution in [0.2, 0.25) is 0 Å². The molecule has 36 heavy (non-hydrogen) atoms. The number of aliphatic hydroxyl groups is 1. The Morgan fingerprint density at radius 2 is 1.72 bits per heavy atom. The molecule has 1 aliphatic rings. The molecule has 8 heteroatoms. The van der Waals surface area contributed by atoms with Gasteiger partial charge in [0.05, 0.1) is 23.7 Å². The molecule has 7 nitrogen and oxygen atoms in total. The lowest BCUT2D eigenvalue weighted by molar-refractivity contribution is 0.0429. The van der Waals surface area contributed by atoms with E-state index in [0.717, 1.165) is 16.7 Å². The highest BCUT2D eigenvalue weighted by atomic mass is 32.2. The van der Waals surface area contributed by atoms with Gasteiger partial charge in [-0.25, -0.2) is 4.79 Å². The molecule has 1 saturated heterocycles. The van der Waals surface area contributed by atoms with E-state index in [1.54, 1.807) is 30.3 Å². The van der Waals surface area contributed by atoms with Crippen LogP contribution >= 0.6 is 0 Å². The molecule has 3 aromatic carbocycles. The lowest BCUT2D eigenvalue weighted by atomic mass is 9.76. The third-order valence-corrected chi connectivity index (χ3v) is 8.19. The Hall–Kier alpha value is -3.04. The van der Waals surface area contributed by atoms with Crippen molar-refractivity contribution in [1.82, 2.24) is 4.90 Å². The van der Waals surface area contributed by atoms with Gasteiger partial charge in [-0.2, -0.15) is 8.42 Å². The van der Waals surface area contributed by atoms with Crippen LogP contribution < -0.4 is 0 Å². The lowest BCUT2D eigenvalue weighted by Crippen LogP contribution is -2.40. The summed E-state index contributed by atoms with van der Waals surface area (Å²) >= 11 is 0. The molecule has 2 atom stereocenters. The molecule has 1 aliphatic heterocycles. The van der Waals surface area contributed by atoms with Gasteiger partial charge in [0.2, 0.25) is 0 Å². The maximum absolute atomic E-state index is 12.9. The molecule has 0 saturated carbocycles. The molecule has 0 aromatic heterocycles. The molecule has 0 spiro atoms. The van der Waals surface area contributed by atoms with Crippen molar-refractivity contribution in [2.75, 3.05) is 26.3 Å². The summed E-state index contributed by atoms with van der Waals surface area (Å²) in [5.74, 6) is -1.15. The number of carbonyl (C=O) groups is 1. The SMILES string of the molecule is Cc1ccc(S(=O)(=O)OCC2(CO)CN(Cc3ccccc3)CC2Cc2cccc(C(=O)O)c2)cc1. The fourth-order valence-corrected chi connectivity index (χ4v) is 5.85. The van der Waals surface area contributed by atoms with E-state index in [4.69, 9.17) is 4.18 Å². The average Bonchev–Trinajstić information content (AvgIpc) is 3.20. The van der Waals surface area contributed by atoms with Gasteiger partial charge in [-0.1, -0.05) is 60.2 Å². The number of likely N-dealkylation sites (tertiary alicyclic amines) is 1. The van der Waals surface area contributed by atoms with Gasteiger partial charge in [-0.3, -0.25) is 9.08 Å². The van der Waals surface area contributed by atoms with Crippen LogP contribution in [0.4, 0.5) is 0 Å². The lowest BCUT2D eigenvalue weighted by Gasteiger charge is -2.32. The minimum absolute atomic E-state index is 0.0750. The predicted octanol–water partition coefficient (Wildman–Crippen LogP) is 3.75. The second kappa shape index (κ2) is 10.9. The number of aryl methyl sites for hydroxylation is 1. The topological polar surface area (TPSA) is 104 Å². The van der Waals surface area contributed by atoms with Gasteiger partial charge in [0.1, 0.15) is 0 Å². The molecule has 190 valence electrons. The first-order valence-electron chi connectivity index (χ1n) is 11.9. The Bertz CT molecular complexity index is 1290. The third-order valence-electron chi connectivity index (χ3n) is 6.91. The van der Waals surface area contributed by atoms with E-state index in [-0.39, 0.29) is 29.6 Å². The molecular formula is C28H31NO6S. The molecule has 0 aliphatic carbocycles. The molecule has 1 fully saturated rings. The van der Waals surface area contributed by atoms with Gasteiger partial charge in [0.25, 0.3) is 10.1 Å². The summed E-state index contributed by atoms with van der Waals surface area (Å²) in [4.78, 5) is 13.7. The quantitative estimate of drug-likeness (QED) is 0.401. The summed E-state index contributed by atoms with van der Waals surface area (Å²) in [6.07, 6.45) is 0.487. The number of benzene rings is 3. The van der Waals surface area contributed by atoms with Crippen LogP contribution in [-0.4, -0.2) is 55.8 Å².